The first-order valence-corrected chi connectivity index (χ1v) is 14.7. The Balaban J connectivity index is 0. The molecule has 0 rings (SSSR count). The van der Waals surface area contributed by atoms with Crippen LogP contribution in [0.1, 0.15) is 6.92 Å². The van der Waals surface area contributed by atoms with Crippen molar-refractivity contribution in [2.45, 2.75) is 13.0 Å². The topological polar surface area (TPSA) is 9.23 Å². The van der Waals surface area contributed by atoms with Gasteiger partial charge in [0.05, 0.1) is 0 Å². The highest BCUT2D eigenvalue weighted by molar-refractivity contribution is 7.23. The van der Waals surface area contributed by atoms with Crippen molar-refractivity contribution < 1.29 is 4.43 Å². The molecule has 8 heavy (non-hydrogen) atoms. The Kier molecular flexibility index (Phi) is 22.7. The molecule has 0 amide bonds. The molecule has 1 nitrogen and oxygen atoms in total. The van der Waals surface area contributed by atoms with Crippen molar-refractivity contribution >= 4 is 37.8 Å². The van der Waals surface area contributed by atoms with E-state index in [1.807, 2.05) is 0 Å². The second kappa shape index (κ2) is 15.7. The third-order valence-electron chi connectivity index (χ3n) is 0.707. The molecule has 0 heterocycles. The Morgan fingerprint density at radius 1 is 1.62 bits per heavy atom. The van der Waals surface area contributed by atoms with E-state index >= 15 is 0 Å². The predicted molar refractivity (Wildman–Crippen MR) is 54.5 cm³/mol. The fourth-order valence-electron chi connectivity index (χ4n) is 0.354. The second-order valence-electron chi connectivity index (χ2n) is 1.76. The van der Waals surface area contributed by atoms with E-state index in [0.717, 1.165) is 10.5 Å². The van der Waals surface area contributed by atoms with Crippen LogP contribution in [0.15, 0.2) is 0 Å². The van der Waals surface area contributed by atoms with E-state index in [0.29, 0.717) is 17.6 Å². The van der Waals surface area contributed by atoms with Gasteiger partial charge in [-0.2, -0.15) is 0 Å². The lowest BCUT2D eigenvalue weighted by Crippen LogP contribution is -1.98. The van der Waals surface area contributed by atoms with Gasteiger partial charge in [-0.3, -0.25) is 0 Å². The van der Waals surface area contributed by atoms with Gasteiger partial charge in [-0.25, -0.2) is 0 Å². The van der Waals surface area contributed by atoms with Gasteiger partial charge in [-0.15, -0.1) is 0 Å². The molecular formula is C3H18OSi4. The van der Waals surface area contributed by atoms with Crippen LogP contribution in [-0.2, 0) is 4.43 Å². The Bertz CT molecular complexity index is 25.2. The average Bonchev–Trinajstić information content (AvgIpc) is 1.71. The number of rotatable bonds is 2. The second-order valence-corrected chi connectivity index (χ2v) is 19.4. The third-order valence-corrected chi connectivity index (χ3v) is 12.7. The maximum absolute atomic E-state index is 4.39. The standard InChI is InChI=1S/C2H12Si3.CH6OSi/c1-2-4-5-3;1-2-3/h2,4-5H2,1,3H3;1,3H3. The smallest absolute Gasteiger partial charge is 0.145 e. The highest BCUT2D eigenvalue weighted by Crippen LogP contribution is 1.63. The Morgan fingerprint density at radius 3 is 2.00 bits per heavy atom. The molecular weight excluding hydrogens is 164 g/mol. The van der Waals surface area contributed by atoms with Crippen molar-refractivity contribution in [3.63, 3.8) is 0 Å². The number of hydrogen-bond acceptors (Lipinski definition) is 1. The molecule has 0 spiro atoms. The van der Waals surface area contributed by atoms with E-state index in [2.05, 4.69) is 11.3 Å². The van der Waals surface area contributed by atoms with Crippen molar-refractivity contribution in [3.8, 4) is 0 Å². The fourth-order valence-corrected chi connectivity index (χ4v) is 9.55. The van der Waals surface area contributed by atoms with Crippen molar-refractivity contribution in [1.82, 2.24) is 0 Å². The first kappa shape index (κ1) is 11.6. The molecule has 5 heteroatoms. The Hall–Kier alpha value is 0.828. The summed E-state index contributed by atoms with van der Waals surface area (Å²) in [6.07, 6.45) is 0. The Morgan fingerprint density at radius 2 is 2.00 bits per heavy atom. The fraction of sp³-hybridized carbons (Fsp3) is 1.00. The average molecular weight is 183 g/mol. The summed E-state index contributed by atoms with van der Waals surface area (Å²) in [6.45, 7) is 2.33. The lowest BCUT2D eigenvalue weighted by Gasteiger charge is -1.76. The molecule has 0 atom stereocenters. The van der Waals surface area contributed by atoms with Gasteiger partial charge in [0.15, 0.2) is 0 Å². The first-order chi connectivity index (χ1) is 3.83. The zero-order valence-electron chi connectivity index (χ0n) is 6.53. The summed E-state index contributed by atoms with van der Waals surface area (Å²) in [5, 5.41) is 0. The van der Waals surface area contributed by atoms with E-state index in [1.54, 1.807) is 22.9 Å². The molecule has 0 aliphatic heterocycles. The van der Waals surface area contributed by atoms with Gasteiger partial charge < -0.3 is 4.43 Å². The molecule has 0 bridgehead atoms. The van der Waals surface area contributed by atoms with Gasteiger partial charge in [0, 0.05) is 16.1 Å². The van der Waals surface area contributed by atoms with E-state index in [-0.39, 0.29) is 0 Å². The minimum atomic E-state index is 0.633. The molecule has 0 fully saturated rings. The van der Waals surface area contributed by atoms with E-state index < -0.39 is 0 Å². The monoisotopic (exact) mass is 182 g/mol. The molecule has 0 aromatic rings. The molecule has 0 saturated heterocycles. The summed E-state index contributed by atoms with van der Waals surface area (Å²) in [5.41, 5.74) is 0. The van der Waals surface area contributed by atoms with Crippen LogP contribution in [0.25, 0.3) is 0 Å². The molecule has 0 radical (unpaired) electrons. The molecule has 0 aliphatic carbocycles. The molecule has 52 valence electrons. The van der Waals surface area contributed by atoms with Crippen molar-refractivity contribution in [2.24, 2.45) is 0 Å². The lowest BCUT2D eigenvalue weighted by molar-refractivity contribution is 0.460. The van der Waals surface area contributed by atoms with Gasteiger partial charge in [0.25, 0.3) is 0 Å². The van der Waals surface area contributed by atoms with Gasteiger partial charge in [-0.05, 0) is 18.3 Å². The summed E-state index contributed by atoms with van der Waals surface area (Å²) in [6, 6.07) is 1.58. The van der Waals surface area contributed by atoms with Gasteiger partial charge in [0.2, 0.25) is 0 Å². The zero-order valence-corrected chi connectivity index (χ0v) is 13.4. The molecule has 0 saturated carbocycles. The molecule has 0 aromatic heterocycles. The van der Waals surface area contributed by atoms with Crippen molar-refractivity contribution in [1.29, 1.82) is 0 Å². The maximum Gasteiger partial charge on any atom is 0.145 e. The predicted octanol–water partition coefficient (Wildman–Crippen LogP) is -3.13. The summed E-state index contributed by atoms with van der Waals surface area (Å²) in [7, 11) is 5.48. The van der Waals surface area contributed by atoms with E-state index in [4.69, 9.17) is 0 Å². The van der Waals surface area contributed by atoms with Crippen LogP contribution >= 0.6 is 0 Å². The van der Waals surface area contributed by atoms with Crippen LogP contribution < -0.4 is 0 Å². The van der Waals surface area contributed by atoms with Gasteiger partial charge in [0.1, 0.15) is 10.5 Å². The van der Waals surface area contributed by atoms with Crippen LogP contribution in [-0.4, -0.2) is 44.9 Å². The normalized spacial score (nSPS) is 11.2. The van der Waals surface area contributed by atoms with Crippen LogP contribution in [0.2, 0.25) is 6.04 Å². The Labute approximate surface area is 62.8 Å². The van der Waals surface area contributed by atoms with Gasteiger partial charge >= 0.3 is 0 Å². The minimum absolute atomic E-state index is 0.633. The van der Waals surface area contributed by atoms with Crippen LogP contribution in [0.5, 0.6) is 0 Å². The zero-order chi connectivity index (χ0) is 6.83. The first-order valence-electron chi connectivity index (χ1n) is 3.23. The third kappa shape index (κ3) is 29.0. The molecule has 0 aliphatic rings. The summed E-state index contributed by atoms with van der Waals surface area (Å²) in [5.74, 6) is 0. The lowest BCUT2D eigenvalue weighted by atomic mass is 11.0. The number of hydrogen-bond donors (Lipinski definition) is 0. The largest absolute Gasteiger partial charge is 0.431 e. The summed E-state index contributed by atoms with van der Waals surface area (Å²) < 4.78 is 4.39. The van der Waals surface area contributed by atoms with Crippen LogP contribution in [0, 0.1) is 0 Å². The van der Waals surface area contributed by atoms with Crippen LogP contribution in [0.3, 0.4) is 0 Å². The molecule has 0 unspecified atom stereocenters. The van der Waals surface area contributed by atoms with Crippen LogP contribution in [0.4, 0.5) is 0 Å². The minimum Gasteiger partial charge on any atom is -0.431 e. The molecule has 0 aromatic carbocycles. The maximum atomic E-state index is 4.39. The highest BCUT2D eigenvalue weighted by atomic mass is 29.5. The summed E-state index contributed by atoms with van der Waals surface area (Å²) in [4.78, 5) is 0. The van der Waals surface area contributed by atoms with Gasteiger partial charge in [-0.1, -0.05) is 13.0 Å². The van der Waals surface area contributed by atoms with Crippen molar-refractivity contribution in [2.75, 3.05) is 7.11 Å². The summed E-state index contributed by atoms with van der Waals surface area (Å²) >= 11 is 0. The van der Waals surface area contributed by atoms with Crippen molar-refractivity contribution in [3.05, 3.63) is 0 Å². The SMILES string of the molecule is CC[SiH2][SiH2][SiH3].CO[SiH3]. The molecule has 0 N–H and O–H groups in total. The van der Waals surface area contributed by atoms with E-state index in [1.165, 1.54) is 0 Å². The quantitative estimate of drug-likeness (QED) is 0.411. The van der Waals surface area contributed by atoms with E-state index in [9.17, 15) is 0 Å². The highest BCUT2D eigenvalue weighted by Gasteiger charge is 1.71.